The molecule has 0 aliphatic heterocycles. The summed E-state index contributed by atoms with van der Waals surface area (Å²) in [5.74, 6) is -0.0415. The minimum absolute atomic E-state index is 0.0415. The Labute approximate surface area is 66.6 Å². The normalized spacial score (nSPS) is 12.0. The van der Waals surface area contributed by atoms with Crippen LogP contribution in [0.1, 0.15) is 13.8 Å². The summed E-state index contributed by atoms with van der Waals surface area (Å²) < 4.78 is 0. The molecule has 1 atom stereocenters. The second-order valence-corrected chi connectivity index (χ2v) is 2.68. The zero-order chi connectivity index (χ0) is 9.02. The lowest BCUT2D eigenvalue weighted by Crippen LogP contribution is -2.43. The molecule has 0 bridgehead atoms. The highest BCUT2D eigenvalue weighted by Gasteiger charge is 2.11. The van der Waals surface area contributed by atoms with Gasteiger partial charge in [-0.2, -0.15) is 0 Å². The first kappa shape index (κ1) is 9.94. The fourth-order valence-corrected chi connectivity index (χ4v) is 0.416. The van der Waals surface area contributed by atoms with E-state index in [2.05, 4.69) is 5.32 Å². The quantitative estimate of drug-likeness (QED) is 0.625. The molecular formula is C7H14N2O2. The van der Waals surface area contributed by atoms with Crippen molar-refractivity contribution in [2.45, 2.75) is 19.9 Å². The van der Waals surface area contributed by atoms with Crippen LogP contribution in [-0.4, -0.2) is 36.9 Å². The number of urea groups is 1. The maximum absolute atomic E-state index is 10.9. The van der Waals surface area contributed by atoms with Crippen LogP contribution >= 0.6 is 0 Å². The number of nitrogens with one attached hydrogen (secondary N) is 1. The fraction of sp³-hybridized carbons (Fsp3) is 0.714. The van der Waals surface area contributed by atoms with Crippen LogP contribution < -0.4 is 5.32 Å². The lowest BCUT2D eigenvalue weighted by molar-refractivity contribution is -0.118. The molecule has 4 nitrogen and oxygen atoms in total. The van der Waals surface area contributed by atoms with Crippen molar-refractivity contribution < 1.29 is 9.59 Å². The van der Waals surface area contributed by atoms with E-state index in [4.69, 9.17) is 0 Å². The van der Waals surface area contributed by atoms with E-state index in [0.29, 0.717) is 0 Å². The van der Waals surface area contributed by atoms with Gasteiger partial charge in [0.25, 0.3) is 0 Å². The van der Waals surface area contributed by atoms with Gasteiger partial charge in [0, 0.05) is 14.1 Å². The van der Waals surface area contributed by atoms with Crippen LogP contribution in [0.25, 0.3) is 0 Å². The second-order valence-electron chi connectivity index (χ2n) is 2.68. The number of rotatable bonds is 2. The summed E-state index contributed by atoms with van der Waals surface area (Å²) in [7, 11) is 3.25. The lowest BCUT2D eigenvalue weighted by atomic mass is 10.2. The lowest BCUT2D eigenvalue weighted by Gasteiger charge is -2.15. The van der Waals surface area contributed by atoms with Gasteiger partial charge in [-0.15, -0.1) is 0 Å². The Morgan fingerprint density at radius 1 is 1.36 bits per heavy atom. The highest BCUT2D eigenvalue weighted by atomic mass is 16.2. The average Bonchev–Trinajstić information content (AvgIpc) is 1.87. The molecule has 0 rings (SSSR count). The molecule has 4 heteroatoms. The smallest absolute Gasteiger partial charge is 0.317 e. The van der Waals surface area contributed by atoms with Gasteiger partial charge in [-0.1, -0.05) is 0 Å². The molecule has 0 aliphatic carbocycles. The zero-order valence-corrected chi connectivity index (χ0v) is 7.34. The minimum Gasteiger partial charge on any atom is -0.331 e. The number of hydrogen-bond acceptors (Lipinski definition) is 2. The molecule has 0 saturated carbocycles. The molecular weight excluding hydrogens is 144 g/mol. The van der Waals surface area contributed by atoms with E-state index in [0.717, 1.165) is 0 Å². The van der Waals surface area contributed by atoms with E-state index in [1.54, 1.807) is 21.0 Å². The molecule has 0 spiro atoms. The summed E-state index contributed by atoms with van der Waals surface area (Å²) in [5, 5.41) is 2.52. The van der Waals surface area contributed by atoms with Crippen LogP contribution in [0.5, 0.6) is 0 Å². The summed E-state index contributed by atoms with van der Waals surface area (Å²) >= 11 is 0. The van der Waals surface area contributed by atoms with Gasteiger partial charge in [0.2, 0.25) is 0 Å². The molecule has 0 heterocycles. The van der Waals surface area contributed by atoms with Gasteiger partial charge in [-0.3, -0.25) is 4.79 Å². The Balaban J connectivity index is 3.85. The number of ketones is 1. The third-order valence-electron chi connectivity index (χ3n) is 1.36. The third-order valence-corrected chi connectivity index (χ3v) is 1.36. The van der Waals surface area contributed by atoms with Gasteiger partial charge >= 0.3 is 6.03 Å². The highest BCUT2D eigenvalue weighted by molar-refractivity contribution is 5.86. The van der Waals surface area contributed by atoms with Crippen LogP contribution in [0.4, 0.5) is 4.79 Å². The number of nitrogens with zero attached hydrogens (tertiary/aromatic N) is 1. The molecule has 11 heavy (non-hydrogen) atoms. The Morgan fingerprint density at radius 2 is 1.82 bits per heavy atom. The van der Waals surface area contributed by atoms with E-state index in [-0.39, 0.29) is 11.8 Å². The Morgan fingerprint density at radius 3 is 2.09 bits per heavy atom. The van der Waals surface area contributed by atoms with Gasteiger partial charge in [0.1, 0.15) is 0 Å². The van der Waals surface area contributed by atoms with Gasteiger partial charge < -0.3 is 10.2 Å². The number of Topliss-reactive ketones (excluding diaryl/α,β-unsaturated/α-hetero) is 1. The van der Waals surface area contributed by atoms with Crippen molar-refractivity contribution in [3.8, 4) is 0 Å². The van der Waals surface area contributed by atoms with Crippen LogP contribution in [-0.2, 0) is 4.79 Å². The maximum atomic E-state index is 10.9. The molecule has 0 radical (unpaired) electrons. The molecule has 64 valence electrons. The first-order valence-corrected chi connectivity index (χ1v) is 3.43. The number of hydrogen-bond donors (Lipinski definition) is 1. The fourth-order valence-electron chi connectivity index (χ4n) is 0.416. The van der Waals surface area contributed by atoms with Crippen LogP contribution in [0, 0.1) is 0 Å². The van der Waals surface area contributed by atoms with Gasteiger partial charge in [-0.05, 0) is 13.8 Å². The van der Waals surface area contributed by atoms with Crippen molar-refractivity contribution in [1.29, 1.82) is 0 Å². The molecule has 1 unspecified atom stereocenters. The van der Waals surface area contributed by atoms with Crippen LogP contribution in [0.15, 0.2) is 0 Å². The molecule has 0 aromatic carbocycles. The standard InChI is InChI=1S/C7H14N2O2/c1-5(6(2)10)8-7(11)9(3)4/h5H,1-4H3,(H,8,11). The van der Waals surface area contributed by atoms with Crippen molar-refractivity contribution in [3.05, 3.63) is 0 Å². The molecule has 1 N–H and O–H groups in total. The van der Waals surface area contributed by atoms with E-state index < -0.39 is 6.04 Å². The molecule has 0 aromatic heterocycles. The molecule has 0 aromatic rings. The number of amides is 2. The largest absolute Gasteiger partial charge is 0.331 e. The Bertz CT molecular complexity index is 166. The first-order chi connectivity index (χ1) is 4.95. The summed E-state index contributed by atoms with van der Waals surface area (Å²) in [5.41, 5.74) is 0. The van der Waals surface area contributed by atoms with Crippen molar-refractivity contribution in [2.75, 3.05) is 14.1 Å². The maximum Gasteiger partial charge on any atom is 0.317 e. The highest BCUT2D eigenvalue weighted by Crippen LogP contribution is 1.85. The molecule has 0 aliphatic rings. The summed E-state index contributed by atoms with van der Waals surface area (Å²) in [4.78, 5) is 23.0. The topological polar surface area (TPSA) is 49.4 Å². The number of carbonyl (C=O) groups is 2. The van der Waals surface area contributed by atoms with Gasteiger partial charge in [0.15, 0.2) is 5.78 Å². The SMILES string of the molecule is CC(=O)C(C)NC(=O)N(C)C. The van der Waals surface area contributed by atoms with Crippen LogP contribution in [0.2, 0.25) is 0 Å². The third kappa shape index (κ3) is 3.60. The predicted molar refractivity (Wildman–Crippen MR) is 42.4 cm³/mol. The van der Waals surface area contributed by atoms with Crippen molar-refractivity contribution in [3.63, 3.8) is 0 Å². The van der Waals surface area contributed by atoms with Crippen LogP contribution in [0.3, 0.4) is 0 Å². The van der Waals surface area contributed by atoms with E-state index >= 15 is 0 Å². The predicted octanol–water partition coefficient (Wildman–Crippen LogP) is 0.235. The van der Waals surface area contributed by atoms with Gasteiger partial charge in [0.05, 0.1) is 6.04 Å². The second kappa shape index (κ2) is 3.95. The number of carbonyl (C=O) groups excluding carboxylic acids is 2. The zero-order valence-electron chi connectivity index (χ0n) is 7.34. The van der Waals surface area contributed by atoms with Crippen molar-refractivity contribution in [2.24, 2.45) is 0 Å². The van der Waals surface area contributed by atoms with Gasteiger partial charge in [-0.25, -0.2) is 4.79 Å². The summed E-state index contributed by atoms with van der Waals surface area (Å²) in [6.45, 7) is 3.10. The molecule has 2 amide bonds. The monoisotopic (exact) mass is 158 g/mol. The Hall–Kier alpha value is -1.06. The molecule has 0 saturated heterocycles. The first-order valence-electron chi connectivity index (χ1n) is 3.43. The summed E-state index contributed by atoms with van der Waals surface area (Å²) in [6, 6.07) is -0.641. The van der Waals surface area contributed by atoms with Crippen molar-refractivity contribution in [1.82, 2.24) is 10.2 Å². The van der Waals surface area contributed by atoms with Crippen molar-refractivity contribution >= 4 is 11.8 Å². The summed E-state index contributed by atoms with van der Waals surface area (Å²) in [6.07, 6.45) is 0. The van der Waals surface area contributed by atoms with E-state index in [1.165, 1.54) is 11.8 Å². The minimum atomic E-state index is -0.398. The van der Waals surface area contributed by atoms with E-state index in [9.17, 15) is 9.59 Å². The average molecular weight is 158 g/mol. The van der Waals surface area contributed by atoms with E-state index in [1.807, 2.05) is 0 Å². The Kier molecular flexibility index (Phi) is 3.57. The molecule has 0 fully saturated rings.